The van der Waals surface area contributed by atoms with Gasteiger partial charge in [0.15, 0.2) is 0 Å². The fourth-order valence-corrected chi connectivity index (χ4v) is 1.40. The highest BCUT2D eigenvalue weighted by atomic mass is 16.5. The number of methoxy groups -OCH3 is 1. The van der Waals surface area contributed by atoms with E-state index in [0.29, 0.717) is 25.1 Å². The summed E-state index contributed by atoms with van der Waals surface area (Å²) in [5.74, 6) is 0.568. The Labute approximate surface area is 91.8 Å². The van der Waals surface area contributed by atoms with Crippen LogP contribution in [0.25, 0.3) is 0 Å². The molecule has 4 nitrogen and oxygen atoms in total. The van der Waals surface area contributed by atoms with Crippen LogP contribution in [-0.4, -0.2) is 38.3 Å². The number of amides is 1. The molecule has 1 aliphatic rings. The van der Waals surface area contributed by atoms with Crippen molar-refractivity contribution in [3.05, 3.63) is 0 Å². The van der Waals surface area contributed by atoms with Gasteiger partial charge in [-0.25, -0.2) is 0 Å². The molecular weight excluding hydrogens is 192 g/mol. The largest absolute Gasteiger partial charge is 0.383 e. The molecule has 1 aliphatic carbocycles. The lowest BCUT2D eigenvalue weighted by Gasteiger charge is -2.21. The first-order valence-electron chi connectivity index (χ1n) is 5.65. The van der Waals surface area contributed by atoms with Crippen molar-refractivity contribution in [3.8, 4) is 0 Å². The Hall–Kier alpha value is -0.610. The van der Waals surface area contributed by atoms with Crippen molar-refractivity contribution in [2.24, 2.45) is 5.92 Å². The Bertz CT molecular complexity index is 203. The van der Waals surface area contributed by atoms with Crippen LogP contribution in [0.2, 0.25) is 0 Å². The van der Waals surface area contributed by atoms with Crippen LogP contribution < -0.4 is 10.6 Å². The zero-order chi connectivity index (χ0) is 11.3. The Morgan fingerprint density at radius 3 is 2.60 bits per heavy atom. The van der Waals surface area contributed by atoms with Crippen LogP contribution in [0.3, 0.4) is 0 Å². The SMILES string of the molecule is COCC(NCC(=O)NC1CC1)C(C)C. The van der Waals surface area contributed by atoms with E-state index in [9.17, 15) is 4.79 Å². The van der Waals surface area contributed by atoms with E-state index in [0.717, 1.165) is 12.8 Å². The van der Waals surface area contributed by atoms with Crippen molar-refractivity contribution >= 4 is 5.91 Å². The van der Waals surface area contributed by atoms with Crippen molar-refractivity contribution in [2.45, 2.75) is 38.8 Å². The third kappa shape index (κ3) is 5.14. The fraction of sp³-hybridized carbons (Fsp3) is 0.909. The molecule has 1 fully saturated rings. The third-order valence-corrected chi connectivity index (χ3v) is 2.62. The highest BCUT2D eigenvalue weighted by Gasteiger charge is 2.23. The smallest absolute Gasteiger partial charge is 0.234 e. The lowest BCUT2D eigenvalue weighted by Crippen LogP contribution is -2.44. The summed E-state index contributed by atoms with van der Waals surface area (Å²) >= 11 is 0. The predicted octanol–water partition coefficient (Wildman–Crippen LogP) is 0.526. The normalized spacial score (nSPS) is 17.9. The van der Waals surface area contributed by atoms with Gasteiger partial charge in [0.25, 0.3) is 0 Å². The summed E-state index contributed by atoms with van der Waals surface area (Å²) in [7, 11) is 1.68. The van der Waals surface area contributed by atoms with Crippen LogP contribution in [0, 0.1) is 5.92 Å². The van der Waals surface area contributed by atoms with E-state index >= 15 is 0 Å². The van der Waals surface area contributed by atoms with Gasteiger partial charge in [-0.05, 0) is 18.8 Å². The van der Waals surface area contributed by atoms with Crippen molar-refractivity contribution in [3.63, 3.8) is 0 Å². The van der Waals surface area contributed by atoms with Gasteiger partial charge in [0.2, 0.25) is 5.91 Å². The average Bonchev–Trinajstić information content (AvgIpc) is 2.95. The lowest BCUT2D eigenvalue weighted by molar-refractivity contribution is -0.120. The molecule has 1 rings (SSSR count). The first-order chi connectivity index (χ1) is 7.13. The van der Waals surface area contributed by atoms with Crippen LogP contribution >= 0.6 is 0 Å². The van der Waals surface area contributed by atoms with E-state index in [1.165, 1.54) is 0 Å². The molecule has 0 heterocycles. The van der Waals surface area contributed by atoms with E-state index in [-0.39, 0.29) is 11.9 Å². The quantitative estimate of drug-likeness (QED) is 0.650. The molecule has 4 heteroatoms. The third-order valence-electron chi connectivity index (χ3n) is 2.62. The summed E-state index contributed by atoms with van der Waals surface area (Å²) in [6.07, 6.45) is 2.27. The van der Waals surface area contributed by atoms with E-state index < -0.39 is 0 Å². The summed E-state index contributed by atoms with van der Waals surface area (Å²) in [5.41, 5.74) is 0. The van der Waals surface area contributed by atoms with Gasteiger partial charge in [-0.1, -0.05) is 13.8 Å². The summed E-state index contributed by atoms with van der Waals surface area (Å²) in [5, 5.41) is 6.16. The molecule has 0 bridgehead atoms. The zero-order valence-electron chi connectivity index (χ0n) is 9.88. The Morgan fingerprint density at radius 1 is 1.47 bits per heavy atom. The molecule has 88 valence electrons. The van der Waals surface area contributed by atoms with E-state index in [4.69, 9.17) is 4.74 Å². The maximum Gasteiger partial charge on any atom is 0.234 e. The fourth-order valence-electron chi connectivity index (χ4n) is 1.40. The van der Waals surface area contributed by atoms with Gasteiger partial charge in [-0.15, -0.1) is 0 Å². The van der Waals surface area contributed by atoms with Gasteiger partial charge in [0.05, 0.1) is 13.2 Å². The Balaban J connectivity index is 2.16. The first kappa shape index (κ1) is 12.5. The number of nitrogens with one attached hydrogen (secondary N) is 2. The molecule has 0 aromatic carbocycles. The molecule has 1 saturated carbocycles. The highest BCUT2D eigenvalue weighted by molar-refractivity contribution is 5.78. The van der Waals surface area contributed by atoms with Crippen molar-refractivity contribution < 1.29 is 9.53 Å². The minimum atomic E-state index is 0.0965. The average molecular weight is 214 g/mol. The molecule has 0 aromatic rings. The molecule has 0 spiro atoms. The van der Waals surface area contributed by atoms with Crippen molar-refractivity contribution in [2.75, 3.05) is 20.3 Å². The van der Waals surface area contributed by atoms with Gasteiger partial charge in [0.1, 0.15) is 0 Å². The topological polar surface area (TPSA) is 50.4 Å². The number of hydrogen-bond acceptors (Lipinski definition) is 3. The molecule has 0 aliphatic heterocycles. The van der Waals surface area contributed by atoms with Crippen LogP contribution in [-0.2, 0) is 9.53 Å². The maximum absolute atomic E-state index is 11.4. The lowest BCUT2D eigenvalue weighted by atomic mass is 10.1. The second-order valence-corrected chi connectivity index (χ2v) is 4.53. The highest BCUT2D eigenvalue weighted by Crippen LogP contribution is 2.18. The summed E-state index contributed by atoms with van der Waals surface area (Å²) in [6, 6.07) is 0.694. The summed E-state index contributed by atoms with van der Waals surface area (Å²) in [4.78, 5) is 11.4. The predicted molar refractivity (Wildman–Crippen MR) is 59.7 cm³/mol. The van der Waals surface area contributed by atoms with E-state index in [2.05, 4.69) is 24.5 Å². The van der Waals surface area contributed by atoms with Gasteiger partial charge in [0, 0.05) is 19.2 Å². The number of carbonyl (C=O) groups excluding carboxylic acids is 1. The zero-order valence-corrected chi connectivity index (χ0v) is 9.88. The molecular formula is C11H22N2O2. The summed E-state index contributed by atoms with van der Waals surface area (Å²) in [6.45, 7) is 5.28. The van der Waals surface area contributed by atoms with E-state index in [1.54, 1.807) is 7.11 Å². The molecule has 1 amide bonds. The molecule has 1 unspecified atom stereocenters. The molecule has 1 atom stereocenters. The number of rotatable bonds is 7. The van der Waals surface area contributed by atoms with Gasteiger partial charge in [-0.3, -0.25) is 4.79 Å². The number of ether oxygens (including phenoxy) is 1. The molecule has 0 aromatic heterocycles. The van der Waals surface area contributed by atoms with E-state index in [1.807, 2.05) is 0 Å². The monoisotopic (exact) mass is 214 g/mol. The van der Waals surface area contributed by atoms with Gasteiger partial charge >= 0.3 is 0 Å². The Morgan fingerprint density at radius 2 is 2.13 bits per heavy atom. The first-order valence-corrected chi connectivity index (χ1v) is 5.65. The molecule has 2 N–H and O–H groups in total. The van der Waals surface area contributed by atoms with Crippen LogP contribution in [0.15, 0.2) is 0 Å². The van der Waals surface area contributed by atoms with Gasteiger partial charge in [-0.2, -0.15) is 0 Å². The minimum absolute atomic E-state index is 0.0965. The molecule has 0 saturated heterocycles. The van der Waals surface area contributed by atoms with Crippen molar-refractivity contribution in [1.82, 2.24) is 10.6 Å². The van der Waals surface area contributed by atoms with Crippen LogP contribution in [0.1, 0.15) is 26.7 Å². The van der Waals surface area contributed by atoms with Crippen LogP contribution in [0.4, 0.5) is 0 Å². The molecule has 0 radical (unpaired) electrons. The van der Waals surface area contributed by atoms with Crippen LogP contribution in [0.5, 0.6) is 0 Å². The second-order valence-electron chi connectivity index (χ2n) is 4.53. The standard InChI is InChI=1S/C11H22N2O2/c1-8(2)10(7-15-3)12-6-11(14)13-9-4-5-9/h8-10,12H,4-7H2,1-3H3,(H,13,14). The molecule has 15 heavy (non-hydrogen) atoms. The number of hydrogen-bond donors (Lipinski definition) is 2. The van der Waals surface area contributed by atoms with Gasteiger partial charge < -0.3 is 15.4 Å². The Kier molecular flexibility index (Phi) is 5.05. The summed E-state index contributed by atoms with van der Waals surface area (Å²) < 4.78 is 5.10. The van der Waals surface area contributed by atoms with Crippen molar-refractivity contribution in [1.29, 1.82) is 0 Å². The maximum atomic E-state index is 11.4. The number of carbonyl (C=O) groups is 1. The minimum Gasteiger partial charge on any atom is -0.383 e. The second kappa shape index (κ2) is 6.08.